The van der Waals surface area contributed by atoms with Crippen molar-refractivity contribution in [2.24, 2.45) is 0 Å². The van der Waals surface area contributed by atoms with Gasteiger partial charge in [-0.05, 0) is 33.8 Å². The zero-order valence-corrected chi connectivity index (χ0v) is 14.2. The summed E-state index contributed by atoms with van der Waals surface area (Å²) in [5, 5.41) is 14.3. The summed E-state index contributed by atoms with van der Waals surface area (Å²) in [5.41, 5.74) is 1.17. The smallest absolute Gasteiger partial charge is 0.215 e. The molecule has 0 spiro atoms. The van der Waals surface area contributed by atoms with Gasteiger partial charge in [0.2, 0.25) is 5.16 Å². The molecule has 24 heavy (non-hydrogen) atoms. The second kappa shape index (κ2) is 6.50. The standard InChI is InChI=1S/C16H12N6S2/c1-2-8-22-16(19-20-21-22)24-15-12-9-13(11-6-4-3-5-7-11)23-14(12)17-10-18-15/h2-7,9-10H,1,8H2. The molecular formula is C16H12N6S2. The van der Waals surface area contributed by atoms with Crippen LogP contribution in [0.25, 0.3) is 20.7 Å². The number of aromatic nitrogens is 6. The Morgan fingerprint density at radius 1 is 1.21 bits per heavy atom. The Hall–Kier alpha value is -2.58. The van der Waals surface area contributed by atoms with Crippen LogP contribution in [0.5, 0.6) is 0 Å². The largest absolute Gasteiger partial charge is 0.229 e. The Bertz CT molecular complexity index is 992. The number of hydrogen-bond donors (Lipinski definition) is 0. The lowest BCUT2D eigenvalue weighted by molar-refractivity contribution is 0.614. The summed E-state index contributed by atoms with van der Waals surface area (Å²) in [6.07, 6.45) is 3.34. The minimum Gasteiger partial charge on any atom is -0.229 e. The van der Waals surface area contributed by atoms with E-state index in [-0.39, 0.29) is 0 Å². The van der Waals surface area contributed by atoms with E-state index >= 15 is 0 Å². The molecule has 4 rings (SSSR count). The van der Waals surface area contributed by atoms with Crippen LogP contribution >= 0.6 is 23.1 Å². The van der Waals surface area contributed by atoms with Gasteiger partial charge in [-0.15, -0.1) is 23.0 Å². The van der Waals surface area contributed by atoms with Crippen LogP contribution in [0.15, 0.2) is 65.6 Å². The Balaban J connectivity index is 1.75. The number of benzene rings is 1. The van der Waals surface area contributed by atoms with Crippen LogP contribution in [0.2, 0.25) is 0 Å². The second-order valence-electron chi connectivity index (χ2n) is 4.91. The molecule has 0 aliphatic rings. The van der Waals surface area contributed by atoms with Crippen molar-refractivity contribution in [1.82, 2.24) is 30.2 Å². The van der Waals surface area contributed by atoms with Crippen molar-refractivity contribution < 1.29 is 0 Å². The molecular weight excluding hydrogens is 340 g/mol. The third kappa shape index (κ3) is 2.81. The van der Waals surface area contributed by atoms with E-state index < -0.39 is 0 Å². The Morgan fingerprint density at radius 2 is 2.08 bits per heavy atom. The van der Waals surface area contributed by atoms with Crippen LogP contribution in [-0.2, 0) is 6.54 Å². The normalized spacial score (nSPS) is 11.0. The SMILES string of the molecule is C=CCn1nnnc1Sc1ncnc2sc(-c3ccccc3)cc12. The maximum atomic E-state index is 4.41. The van der Waals surface area contributed by atoms with E-state index in [0.29, 0.717) is 11.7 Å². The van der Waals surface area contributed by atoms with Gasteiger partial charge in [-0.1, -0.05) is 36.4 Å². The van der Waals surface area contributed by atoms with Gasteiger partial charge in [0.25, 0.3) is 0 Å². The van der Waals surface area contributed by atoms with Crippen molar-refractivity contribution in [3.05, 3.63) is 55.4 Å². The summed E-state index contributed by atoms with van der Waals surface area (Å²) < 4.78 is 1.69. The molecule has 0 N–H and O–H groups in total. The molecule has 0 aliphatic heterocycles. The summed E-state index contributed by atoms with van der Waals surface area (Å²) in [5.74, 6) is 0. The number of tetrazole rings is 1. The highest BCUT2D eigenvalue weighted by atomic mass is 32.2. The highest BCUT2D eigenvalue weighted by Gasteiger charge is 2.14. The molecule has 8 heteroatoms. The first-order valence-electron chi connectivity index (χ1n) is 7.20. The maximum absolute atomic E-state index is 4.41. The molecule has 4 aromatic rings. The molecule has 0 aliphatic carbocycles. The van der Waals surface area contributed by atoms with Crippen LogP contribution in [0.4, 0.5) is 0 Å². The zero-order valence-electron chi connectivity index (χ0n) is 12.5. The van der Waals surface area contributed by atoms with Gasteiger partial charge >= 0.3 is 0 Å². The van der Waals surface area contributed by atoms with E-state index in [1.807, 2.05) is 18.2 Å². The molecule has 0 bridgehead atoms. The fraction of sp³-hybridized carbons (Fsp3) is 0.0625. The van der Waals surface area contributed by atoms with Gasteiger partial charge in [0.15, 0.2) is 0 Å². The fourth-order valence-corrected chi connectivity index (χ4v) is 4.15. The topological polar surface area (TPSA) is 69.4 Å². The minimum atomic E-state index is 0.558. The van der Waals surface area contributed by atoms with Crippen molar-refractivity contribution >= 4 is 33.3 Å². The van der Waals surface area contributed by atoms with Crippen LogP contribution in [0.3, 0.4) is 0 Å². The van der Waals surface area contributed by atoms with E-state index in [9.17, 15) is 0 Å². The molecule has 1 aromatic carbocycles. The minimum absolute atomic E-state index is 0.558. The third-order valence-corrected chi connectivity index (χ3v) is 5.43. The first kappa shape index (κ1) is 15.0. The quantitative estimate of drug-likeness (QED) is 0.403. The lowest BCUT2D eigenvalue weighted by Gasteiger charge is -2.01. The van der Waals surface area contributed by atoms with Crippen molar-refractivity contribution in [2.45, 2.75) is 16.7 Å². The van der Waals surface area contributed by atoms with Crippen LogP contribution in [0, 0.1) is 0 Å². The summed E-state index contributed by atoms with van der Waals surface area (Å²) in [6, 6.07) is 12.4. The van der Waals surface area contributed by atoms with Crippen molar-refractivity contribution in [1.29, 1.82) is 0 Å². The number of thiophene rings is 1. The van der Waals surface area contributed by atoms with Crippen molar-refractivity contribution in [3.8, 4) is 10.4 Å². The van der Waals surface area contributed by atoms with E-state index in [1.54, 1.807) is 28.4 Å². The van der Waals surface area contributed by atoms with Crippen LogP contribution in [-0.4, -0.2) is 30.2 Å². The van der Waals surface area contributed by atoms with E-state index in [1.165, 1.54) is 22.2 Å². The van der Waals surface area contributed by atoms with Gasteiger partial charge < -0.3 is 0 Å². The highest BCUT2D eigenvalue weighted by Crippen LogP contribution is 2.37. The number of allylic oxidation sites excluding steroid dienone is 1. The van der Waals surface area contributed by atoms with Crippen molar-refractivity contribution in [3.63, 3.8) is 0 Å². The molecule has 0 fully saturated rings. The Kier molecular flexibility index (Phi) is 4.06. The monoisotopic (exact) mass is 352 g/mol. The van der Waals surface area contributed by atoms with Gasteiger partial charge in [0.1, 0.15) is 16.2 Å². The number of nitrogens with zero attached hydrogens (tertiary/aromatic N) is 6. The number of fused-ring (bicyclic) bond motifs is 1. The average molecular weight is 352 g/mol. The maximum Gasteiger partial charge on any atom is 0.215 e. The first-order chi connectivity index (χ1) is 11.8. The lowest BCUT2D eigenvalue weighted by atomic mass is 10.2. The molecule has 0 amide bonds. The Morgan fingerprint density at radius 3 is 2.92 bits per heavy atom. The summed E-state index contributed by atoms with van der Waals surface area (Å²) in [6.45, 7) is 4.28. The van der Waals surface area contributed by atoms with E-state index in [4.69, 9.17) is 0 Å². The van der Waals surface area contributed by atoms with E-state index in [0.717, 1.165) is 15.2 Å². The van der Waals surface area contributed by atoms with Crippen LogP contribution < -0.4 is 0 Å². The van der Waals surface area contributed by atoms with Crippen LogP contribution in [0.1, 0.15) is 0 Å². The van der Waals surface area contributed by atoms with Gasteiger partial charge in [0.05, 0.1) is 6.54 Å². The molecule has 3 heterocycles. The van der Waals surface area contributed by atoms with E-state index in [2.05, 4.69) is 50.3 Å². The molecule has 118 valence electrons. The Labute approximate surface area is 146 Å². The average Bonchev–Trinajstić information content (AvgIpc) is 3.24. The predicted octanol–water partition coefficient (Wildman–Crippen LogP) is 3.68. The summed E-state index contributed by atoms with van der Waals surface area (Å²) >= 11 is 3.09. The third-order valence-electron chi connectivity index (χ3n) is 3.34. The molecule has 0 saturated heterocycles. The summed E-state index contributed by atoms with van der Waals surface area (Å²) in [4.78, 5) is 10.9. The highest BCUT2D eigenvalue weighted by molar-refractivity contribution is 7.99. The van der Waals surface area contributed by atoms with Gasteiger partial charge in [-0.25, -0.2) is 14.6 Å². The molecule has 6 nitrogen and oxygen atoms in total. The lowest BCUT2D eigenvalue weighted by Crippen LogP contribution is -1.99. The first-order valence-corrected chi connectivity index (χ1v) is 8.83. The zero-order chi connectivity index (χ0) is 16.4. The van der Waals surface area contributed by atoms with Gasteiger partial charge in [0, 0.05) is 10.3 Å². The molecule has 0 saturated carbocycles. The molecule has 0 atom stereocenters. The van der Waals surface area contributed by atoms with Crippen molar-refractivity contribution in [2.75, 3.05) is 0 Å². The number of hydrogen-bond acceptors (Lipinski definition) is 7. The summed E-state index contributed by atoms with van der Waals surface area (Å²) in [7, 11) is 0. The molecule has 3 aromatic heterocycles. The second-order valence-corrected chi connectivity index (χ2v) is 6.90. The fourth-order valence-electron chi connectivity index (χ4n) is 2.25. The molecule has 0 radical (unpaired) electrons. The van der Waals surface area contributed by atoms with Gasteiger partial charge in [-0.3, -0.25) is 0 Å². The predicted molar refractivity (Wildman–Crippen MR) is 95.0 cm³/mol. The number of rotatable bonds is 5. The molecule has 0 unspecified atom stereocenters. The van der Waals surface area contributed by atoms with Gasteiger partial charge in [-0.2, -0.15) is 0 Å².